The number of rotatable bonds is 3. The highest BCUT2D eigenvalue weighted by molar-refractivity contribution is 5.73. The SMILES string of the molecule is O=C(Cc1ccon1)Oc1ccco1. The first-order valence-corrected chi connectivity index (χ1v) is 3.98. The number of furan rings is 1. The summed E-state index contributed by atoms with van der Waals surface area (Å²) in [5.41, 5.74) is 0.529. The van der Waals surface area contributed by atoms with Crippen molar-refractivity contribution in [3.63, 3.8) is 0 Å². The van der Waals surface area contributed by atoms with E-state index in [2.05, 4.69) is 9.68 Å². The molecule has 0 radical (unpaired) electrons. The van der Waals surface area contributed by atoms with E-state index in [1.165, 1.54) is 12.5 Å². The number of carbonyl (C=O) groups is 1. The zero-order valence-electron chi connectivity index (χ0n) is 7.17. The van der Waals surface area contributed by atoms with Crippen LogP contribution >= 0.6 is 0 Å². The molecule has 2 aromatic rings. The minimum atomic E-state index is -0.436. The summed E-state index contributed by atoms with van der Waals surface area (Å²) in [6, 6.07) is 4.79. The molecule has 0 N–H and O–H groups in total. The lowest BCUT2D eigenvalue weighted by atomic mass is 10.3. The molecule has 2 rings (SSSR count). The van der Waals surface area contributed by atoms with Gasteiger partial charge >= 0.3 is 5.97 Å². The minimum absolute atomic E-state index is 0.0667. The van der Waals surface area contributed by atoms with Gasteiger partial charge in [-0.05, 0) is 6.07 Å². The average molecular weight is 193 g/mol. The first-order valence-electron chi connectivity index (χ1n) is 3.98. The Balaban J connectivity index is 1.91. The van der Waals surface area contributed by atoms with Gasteiger partial charge in [0, 0.05) is 12.1 Å². The first kappa shape index (κ1) is 8.55. The van der Waals surface area contributed by atoms with Crippen LogP contribution < -0.4 is 4.74 Å². The van der Waals surface area contributed by atoms with Gasteiger partial charge in [0.05, 0.1) is 18.4 Å². The van der Waals surface area contributed by atoms with Gasteiger partial charge in [0.15, 0.2) is 0 Å². The van der Waals surface area contributed by atoms with Gasteiger partial charge in [-0.3, -0.25) is 4.79 Å². The van der Waals surface area contributed by atoms with Crippen LogP contribution in [0.2, 0.25) is 0 Å². The molecule has 2 heterocycles. The summed E-state index contributed by atoms with van der Waals surface area (Å²) in [4.78, 5) is 11.2. The lowest BCUT2D eigenvalue weighted by Gasteiger charge is -1.96. The van der Waals surface area contributed by atoms with Crippen LogP contribution in [0.15, 0.2) is 39.7 Å². The van der Waals surface area contributed by atoms with Crippen LogP contribution in [-0.4, -0.2) is 11.1 Å². The van der Waals surface area contributed by atoms with Gasteiger partial charge in [-0.2, -0.15) is 0 Å². The third kappa shape index (κ3) is 2.01. The highest BCUT2D eigenvalue weighted by atomic mass is 16.6. The van der Waals surface area contributed by atoms with E-state index in [9.17, 15) is 4.79 Å². The summed E-state index contributed by atoms with van der Waals surface area (Å²) in [6.45, 7) is 0. The van der Waals surface area contributed by atoms with Crippen molar-refractivity contribution in [2.24, 2.45) is 0 Å². The molecule has 0 saturated carbocycles. The largest absolute Gasteiger partial charge is 0.434 e. The van der Waals surface area contributed by atoms with E-state index in [4.69, 9.17) is 9.15 Å². The molecule has 0 aromatic carbocycles. The number of esters is 1. The molecule has 0 fully saturated rings. The maximum atomic E-state index is 11.2. The number of ether oxygens (including phenoxy) is 1. The topological polar surface area (TPSA) is 65.5 Å². The smallest absolute Gasteiger partial charge is 0.319 e. The van der Waals surface area contributed by atoms with E-state index in [0.717, 1.165) is 0 Å². The molecule has 0 aliphatic heterocycles. The zero-order chi connectivity index (χ0) is 9.80. The van der Waals surface area contributed by atoms with Gasteiger partial charge in [0.1, 0.15) is 6.26 Å². The van der Waals surface area contributed by atoms with Crippen LogP contribution in [0.4, 0.5) is 0 Å². The molecule has 5 heteroatoms. The fraction of sp³-hybridized carbons (Fsp3) is 0.111. The van der Waals surface area contributed by atoms with Gasteiger partial charge in [0.25, 0.3) is 5.95 Å². The molecule has 14 heavy (non-hydrogen) atoms. The van der Waals surface area contributed by atoms with Gasteiger partial charge < -0.3 is 13.7 Å². The molecule has 0 saturated heterocycles. The molecule has 2 aromatic heterocycles. The molecule has 0 atom stereocenters. The Hall–Kier alpha value is -2.04. The van der Waals surface area contributed by atoms with Crippen molar-refractivity contribution in [3.8, 4) is 5.95 Å². The lowest BCUT2D eigenvalue weighted by Crippen LogP contribution is -2.10. The molecule has 0 amide bonds. The van der Waals surface area contributed by atoms with Crippen LogP contribution in [-0.2, 0) is 11.2 Å². The second-order valence-electron chi connectivity index (χ2n) is 2.57. The molecule has 72 valence electrons. The normalized spacial score (nSPS) is 10.0. The van der Waals surface area contributed by atoms with Crippen LogP contribution in [0.1, 0.15) is 5.69 Å². The van der Waals surface area contributed by atoms with Gasteiger partial charge in [-0.25, -0.2) is 0 Å². The second kappa shape index (κ2) is 3.78. The molecule has 5 nitrogen and oxygen atoms in total. The van der Waals surface area contributed by atoms with Crippen molar-refractivity contribution < 1.29 is 18.5 Å². The van der Waals surface area contributed by atoms with Gasteiger partial charge in [0.2, 0.25) is 0 Å². The number of hydrogen-bond acceptors (Lipinski definition) is 5. The van der Waals surface area contributed by atoms with Crippen molar-refractivity contribution in [2.45, 2.75) is 6.42 Å². The molecule has 0 spiro atoms. The van der Waals surface area contributed by atoms with Crippen molar-refractivity contribution in [1.82, 2.24) is 5.16 Å². The second-order valence-corrected chi connectivity index (χ2v) is 2.57. The van der Waals surface area contributed by atoms with E-state index >= 15 is 0 Å². The summed E-state index contributed by atoms with van der Waals surface area (Å²) in [6.07, 6.45) is 2.89. The van der Waals surface area contributed by atoms with E-state index in [-0.39, 0.29) is 12.4 Å². The van der Waals surface area contributed by atoms with Crippen LogP contribution in [0.5, 0.6) is 5.95 Å². The van der Waals surface area contributed by atoms with Gasteiger partial charge in [-0.1, -0.05) is 5.16 Å². The maximum Gasteiger partial charge on any atom is 0.319 e. The Morgan fingerprint density at radius 3 is 3.00 bits per heavy atom. The summed E-state index contributed by atoms with van der Waals surface area (Å²) >= 11 is 0. The number of nitrogens with zero attached hydrogens (tertiary/aromatic N) is 1. The number of hydrogen-bond donors (Lipinski definition) is 0. The Kier molecular flexibility index (Phi) is 2.31. The summed E-state index contributed by atoms with van der Waals surface area (Å²) in [7, 11) is 0. The van der Waals surface area contributed by atoms with E-state index < -0.39 is 5.97 Å². The predicted molar refractivity (Wildman–Crippen MR) is 44.6 cm³/mol. The third-order valence-corrected chi connectivity index (χ3v) is 1.53. The molecular formula is C9H7NO4. The van der Waals surface area contributed by atoms with Crippen molar-refractivity contribution in [1.29, 1.82) is 0 Å². The molecular weight excluding hydrogens is 186 g/mol. The van der Waals surface area contributed by atoms with Crippen molar-refractivity contribution in [2.75, 3.05) is 0 Å². The monoisotopic (exact) mass is 193 g/mol. The quantitative estimate of drug-likeness (QED) is 0.689. The minimum Gasteiger partial charge on any atom is -0.434 e. The Labute approximate surface area is 79.3 Å². The standard InChI is InChI=1S/C9H7NO4/c11-8(6-7-3-5-13-10-7)14-9-2-1-4-12-9/h1-5H,6H2. The fourth-order valence-electron chi connectivity index (χ4n) is 0.946. The Morgan fingerprint density at radius 1 is 1.43 bits per heavy atom. The summed E-state index contributed by atoms with van der Waals surface area (Å²) in [5.74, 6) is -0.257. The predicted octanol–water partition coefficient (Wildman–Crippen LogP) is 1.42. The van der Waals surface area contributed by atoms with E-state index in [1.807, 2.05) is 0 Å². The van der Waals surface area contributed by atoms with E-state index in [1.54, 1.807) is 18.2 Å². The Morgan fingerprint density at radius 2 is 2.36 bits per heavy atom. The van der Waals surface area contributed by atoms with Crippen LogP contribution in [0, 0.1) is 0 Å². The number of carbonyl (C=O) groups excluding carboxylic acids is 1. The van der Waals surface area contributed by atoms with Crippen LogP contribution in [0.25, 0.3) is 0 Å². The molecule has 0 unspecified atom stereocenters. The fourth-order valence-corrected chi connectivity index (χ4v) is 0.946. The third-order valence-electron chi connectivity index (χ3n) is 1.53. The van der Waals surface area contributed by atoms with Crippen molar-refractivity contribution >= 4 is 5.97 Å². The highest BCUT2D eigenvalue weighted by Crippen LogP contribution is 2.10. The Bertz CT molecular complexity index is 352. The average Bonchev–Trinajstić information content (AvgIpc) is 2.76. The number of aromatic nitrogens is 1. The highest BCUT2D eigenvalue weighted by Gasteiger charge is 2.09. The van der Waals surface area contributed by atoms with Crippen LogP contribution in [0.3, 0.4) is 0 Å². The maximum absolute atomic E-state index is 11.2. The summed E-state index contributed by atoms with van der Waals surface area (Å²) < 4.78 is 14.2. The molecule has 0 bridgehead atoms. The van der Waals surface area contributed by atoms with Gasteiger partial charge in [-0.15, -0.1) is 0 Å². The summed E-state index contributed by atoms with van der Waals surface area (Å²) in [5, 5.41) is 3.58. The lowest BCUT2D eigenvalue weighted by molar-refractivity contribution is -0.134. The molecule has 0 aliphatic carbocycles. The van der Waals surface area contributed by atoms with E-state index in [0.29, 0.717) is 5.69 Å². The zero-order valence-corrected chi connectivity index (χ0v) is 7.17. The first-order chi connectivity index (χ1) is 6.84. The molecule has 0 aliphatic rings. The van der Waals surface area contributed by atoms with Crippen molar-refractivity contribution in [3.05, 3.63) is 36.4 Å².